The Labute approximate surface area is 186 Å². The minimum atomic E-state index is -0.205. The molecule has 1 N–H and O–H groups in total. The quantitative estimate of drug-likeness (QED) is 0.330. The Morgan fingerprint density at radius 1 is 1.07 bits per heavy atom. The fourth-order valence-electron chi connectivity index (χ4n) is 2.57. The summed E-state index contributed by atoms with van der Waals surface area (Å²) in [6, 6.07) is 11.1. The molecule has 9 heteroatoms. The molecular weight excluding hydrogens is 478 g/mol. The molecule has 0 radical (unpaired) electrons. The van der Waals surface area contributed by atoms with Gasteiger partial charge in [-0.1, -0.05) is 36.1 Å². The van der Waals surface area contributed by atoms with E-state index in [0.29, 0.717) is 49.9 Å². The van der Waals surface area contributed by atoms with Crippen LogP contribution in [-0.4, -0.2) is 37.7 Å². The van der Waals surface area contributed by atoms with Crippen molar-refractivity contribution in [2.45, 2.75) is 0 Å². The number of halogens is 1. The largest absolute Gasteiger partial charge is 0.493 e. The Hall–Kier alpha value is -2.23. The second kappa shape index (κ2) is 10.00. The molecule has 0 spiro atoms. The summed E-state index contributed by atoms with van der Waals surface area (Å²) < 4.78 is 23.4. The van der Waals surface area contributed by atoms with Gasteiger partial charge in [-0.3, -0.25) is 4.79 Å². The number of rotatable bonds is 8. The van der Waals surface area contributed by atoms with Crippen LogP contribution in [0.4, 0.5) is 0 Å². The maximum absolute atomic E-state index is 11.9. The second-order valence-corrected chi connectivity index (χ2v) is 8.31. The van der Waals surface area contributed by atoms with Crippen LogP contribution < -0.4 is 24.3 Å². The molecule has 1 saturated heterocycles. The van der Waals surface area contributed by atoms with Gasteiger partial charge in [0.1, 0.15) is 17.5 Å². The van der Waals surface area contributed by atoms with Crippen molar-refractivity contribution >= 4 is 56.2 Å². The fraction of sp³-hybridized carbons (Fsp3) is 0.200. The maximum atomic E-state index is 11.9. The van der Waals surface area contributed by atoms with E-state index in [2.05, 4.69) is 21.2 Å². The summed E-state index contributed by atoms with van der Waals surface area (Å²) in [7, 11) is 3.15. The van der Waals surface area contributed by atoms with E-state index in [1.807, 2.05) is 30.3 Å². The third kappa shape index (κ3) is 5.43. The lowest BCUT2D eigenvalue weighted by Crippen LogP contribution is -2.17. The van der Waals surface area contributed by atoms with Crippen molar-refractivity contribution in [1.82, 2.24) is 5.32 Å². The SMILES string of the molecule is COc1ccccc1OCCOc1c(Br)cc(C=C2SC(=S)NC2=O)cc1OC. The minimum Gasteiger partial charge on any atom is -0.493 e. The van der Waals surface area contributed by atoms with E-state index >= 15 is 0 Å². The monoisotopic (exact) mass is 495 g/mol. The van der Waals surface area contributed by atoms with Crippen molar-refractivity contribution in [2.75, 3.05) is 27.4 Å². The van der Waals surface area contributed by atoms with E-state index in [1.54, 1.807) is 26.4 Å². The number of amides is 1. The van der Waals surface area contributed by atoms with Crippen LogP contribution in [0.3, 0.4) is 0 Å². The topological polar surface area (TPSA) is 66.0 Å². The van der Waals surface area contributed by atoms with Crippen molar-refractivity contribution in [2.24, 2.45) is 0 Å². The fourth-order valence-corrected chi connectivity index (χ4v) is 4.19. The minimum absolute atomic E-state index is 0.205. The highest BCUT2D eigenvalue weighted by Gasteiger charge is 2.22. The van der Waals surface area contributed by atoms with Crippen molar-refractivity contribution in [1.29, 1.82) is 0 Å². The first-order valence-corrected chi connectivity index (χ1v) is 10.5. The molecule has 152 valence electrons. The first-order chi connectivity index (χ1) is 14.0. The second-order valence-electron chi connectivity index (χ2n) is 5.73. The van der Waals surface area contributed by atoms with Crippen LogP contribution in [0.5, 0.6) is 23.0 Å². The molecule has 1 fully saturated rings. The first kappa shape index (κ1) is 21.5. The van der Waals surface area contributed by atoms with Gasteiger partial charge in [0.25, 0.3) is 5.91 Å². The Bertz CT molecular complexity index is 964. The smallest absolute Gasteiger partial charge is 0.263 e. The van der Waals surface area contributed by atoms with E-state index < -0.39 is 0 Å². The number of thiocarbonyl (C=S) groups is 1. The number of carbonyl (C=O) groups is 1. The maximum Gasteiger partial charge on any atom is 0.263 e. The average molecular weight is 496 g/mol. The zero-order valence-corrected chi connectivity index (χ0v) is 18.9. The van der Waals surface area contributed by atoms with Crippen molar-refractivity contribution in [3.8, 4) is 23.0 Å². The molecule has 1 aliphatic rings. The van der Waals surface area contributed by atoms with Gasteiger partial charge in [-0.25, -0.2) is 0 Å². The molecule has 2 aromatic carbocycles. The zero-order valence-electron chi connectivity index (χ0n) is 15.7. The van der Waals surface area contributed by atoms with Crippen LogP contribution in [0.25, 0.3) is 6.08 Å². The van der Waals surface area contributed by atoms with Gasteiger partial charge in [0.2, 0.25) is 0 Å². The number of thioether (sulfide) groups is 1. The molecule has 29 heavy (non-hydrogen) atoms. The van der Waals surface area contributed by atoms with E-state index in [0.717, 1.165) is 5.56 Å². The van der Waals surface area contributed by atoms with E-state index in [1.165, 1.54) is 11.8 Å². The van der Waals surface area contributed by atoms with Crippen molar-refractivity contribution in [3.05, 3.63) is 51.3 Å². The predicted octanol–water partition coefficient (Wildman–Crippen LogP) is 4.41. The van der Waals surface area contributed by atoms with Crippen molar-refractivity contribution in [3.63, 3.8) is 0 Å². The van der Waals surface area contributed by atoms with Gasteiger partial charge in [-0.05, 0) is 51.8 Å². The highest BCUT2D eigenvalue weighted by molar-refractivity contribution is 9.10. The first-order valence-electron chi connectivity index (χ1n) is 8.53. The number of benzene rings is 2. The number of methoxy groups -OCH3 is 2. The van der Waals surface area contributed by atoms with Crippen LogP contribution in [0.15, 0.2) is 45.8 Å². The number of ether oxygens (including phenoxy) is 4. The molecule has 0 atom stereocenters. The summed E-state index contributed by atoms with van der Waals surface area (Å²) in [4.78, 5) is 12.4. The Morgan fingerprint density at radius 2 is 1.76 bits per heavy atom. The number of carbonyl (C=O) groups excluding carboxylic acids is 1. The molecule has 0 aromatic heterocycles. The Balaban J connectivity index is 1.67. The summed E-state index contributed by atoms with van der Waals surface area (Å²) in [5.74, 6) is 2.20. The molecule has 1 aliphatic heterocycles. The van der Waals surface area contributed by atoms with Crippen LogP contribution in [0.2, 0.25) is 0 Å². The van der Waals surface area contributed by atoms with Gasteiger partial charge in [-0.2, -0.15) is 0 Å². The standard InChI is InChI=1S/C20H18BrNO5S2/c1-24-14-5-3-4-6-15(14)26-7-8-27-18-13(21)9-12(10-16(18)25-2)11-17-19(23)22-20(28)29-17/h3-6,9-11H,7-8H2,1-2H3,(H,22,23,28). The van der Waals surface area contributed by atoms with Crippen LogP contribution in [0, 0.1) is 0 Å². The average Bonchev–Trinajstić information content (AvgIpc) is 3.03. The molecule has 0 bridgehead atoms. The molecule has 2 aromatic rings. The van der Waals surface area contributed by atoms with Gasteiger partial charge in [-0.15, -0.1) is 0 Å². The predicted molar refractivity (Wildman–Crippen MR) is 121 cm³/mol. The van der Waals surface area contributed by atoms with Crippen LogP contribution in [-0.2, 0) is 4.79 Å². The van der Waals surface area contributed by atoms with Gasteiger partial charge in [0.15, 0.2) is 23.0 Å². The normalized spacial score (nSPS) is 14.7. The lowest BCUT2D eigenvalue weighted by molar-refractivity contribution is -0.115. The number of hydrogen-bond donors (Lipinski definition) is 1. The van der Waals surface area contributed by atoms with Gasteiger partial charge >= 0.3 is 0 Å². The molecule has 0 aliphatic carbocycles. The van der Waals surface area contributed by atoms with E-state index in [9.17, 15) is 4.79 Å². The molecule has 3 rings (SSSR count). The molecule has 1 heterocycles. The van der Waals surface area contributed by atoms with Crippen molar-refractivity contribution < 1.29 is 23.7 Å². The Kier molecular flexibility index (Phi) is 7.40. The molecule has 0 saturated carbocycles. The molecule has 1 amide bonds. The zero-order chi connectivity index (χ0) is 20.8. The molecule has 6 nitrogen and oxygen atoms in total. The molecular formula is C20H18BrNO5S2. The summed E-state index contributed by atoms with van der Waals surface area (Å²) in [5.41, 5.74) is 0.786. The van der Waals surface area contributed by atoms with Gasteiger partial charge < -0.3 is 24.3 Å². The number of nitrogens with one attached hydrogen (secondary N) is 1. The van der Waals surface area contributed by atoms with E-state index in [-0.39, 0.29) is 5.91 Å². The Morgan fingerprint density at radius 3 is 2.41 bits per heavy atom. The molecule has 0 unspecified atom stereocenters. The lowest BCUT2D eigenvalue weighted by Gasteiger charge is -2.15. The summed E-state index contributed by atoms with van der Waals surface area (Å²) >= 11 is 9.75. The van der Waals surface area contributed by atoms with Gasteiger partial charge in [0.05, 0.1) is 23.6 Å². The summed E-state index contributed by atoms with van der Waals surface area (Å²) in [6.07, 6.45) is 1.75. The number of para-hydroxylation sites is 2. The summed E-state index contributed by atoms with van der Waals surface area (Å²) in [5, 5.41) is 2.59. The third-order valence-electron chi connectivity index (χ3n) is 3.85. The van der Waals surface area contributed by atoms with Gasteiger partial charge in [0, 0.05) is 0 Å². The van der Waals surface area contributed by atoms with Crippen LogP contribution in [0.1, 0.15) is 5.56 Å². The van der Waals surface area contributed by atoms with Crippen LogP contribution >= 0.6 is 39.9 Å². The highest BCUT2D eigenvalue weighted by atomic mass is 79.9. The number of hydrogen-bond acceptors (Lipinski definition) is 7. The summed E-state index contributed by atoms with van der Waals surface area (Å²) in [6.45, 7) is 0.635. The lowest BCUT2D eigenvalue weighted by atomic mass is 10.2. The van der Waals surface area contributed by atoms with E-state index in [4.69, 9.17) is 31.2 Å². The highest BCUT2D eigenvalue weighted by Crippen LogP contribution is 2.38. The third-order valence-corrected chi connectivity index (χ3v) is 5.60.